The summed E-state index contributed by atoms with van der Waals surface area (Å²) in [4.78, 5) is 24.6. The first-order valence-electron chi connectivity index (χ1n) is 8.81. The standard InChI is InChI=1S/C21H22N4O2/c1-4-22-20(26)16-10-11-19(14(2)12-16)23-21(27)18-13-25(24-15(18)3)17-8-6-5-7-9-17/h5-13H,4H2,1-3H3,(H,22,26)(H,23,27). The molecule has 1 heterocycles. The van der Waals surface area contributed by atoms with E-state index >= 15 is 0 Å². The lowest BCUT2D eigenvalue weighted by atomic mass is 10.1. The van der Waals surface area contributed by atoms with E-state index in [1.165, 1.54) is 0 Å². The Morgan fingerprint density at radius 2 is 1.78 bits per heavy atom. The van der Waals surface area contributed by atoms with Crippen LogP contribution in [0.5, 0.6) is 0 Å². The Morgan fingerprint density at radius 3 is 2.44 bits per heavy atom. The number of carbonyl (C=O) groups is 2. The van der Waals surface area contributed by atoms with Gasteiger partial charge in [0, 0.05) is 24.0 Å². The molecule has 6 heteroatoms. The van der Waals surface area contributed by atoms with Gasteiger partial charge in [-0.3, -0.25) is 9.59 Å². The minimum absolute atomic E-state index is 0.126. The molecule has 138 valence electrons. The first kappa shape index (κ1) is 18.4. The molecule has 2 aromatic carbocycles. The number of aryl methyl sites for hydroxylation is 2. The summed E-state index contributed by atoms with van der Waals surface area (Å²) >= 11 is 0. The molecule has 0 unspecified atom stereocenters. The predicted octanol–water partition coefficient (Wildman–Crippen LogP) is 3.49. The zero-order valence-corrected chi connectivity index (χ0v) is 15.6. The topological polar surface area (TPSA) is 76.0 Å². The summed E-state index contributed by atoms with van der Waals surface area (Å²) < 4.78 is 1.69. The highest BCUT2D eigenvalue weighted by molar-refractivity contribution is 6.05. The van der Waals surface area contributed by atoms with Crippen molar-refractivity contribution >= 4 is 17.5 Å². The first-order chi connectivity index (χ1) is 13.0. The Hall–Kier alpha value is -3.41. The normalized spacial score (nSPS) is 10.5. The van der Waals surface area contributed by atoms with Gasteiger partial charge in [-0.25, -0.2) is 4.68 Å². The van der Waals surface area contributed by atoms with E-state index in [1.807, 2.05) is 44.2 Å². The molecule has 27 heavy (non-hydrogen) atoms. The zero-order valence-electron chi connectivity index (χ0n) is 15.6. The predicted molar refractivity (Wildman–Crippen MR) is 105 cm³/mol. The molecular weight excluding hydrogens is 340 g/mol. The van der Waals surface area contributed by atoms with Gasteiger partial charge in [0.25, 0.3) is 11.8 Å². The van der Waals surface area contributed by atoms with E-state index < -0.39 is 0 Å². The van der Waals surface area contributed by atoms with E-state index in [9.17, 15) is 9.59 Å². The van der Waals surface area contributed by atoms with E-state index in [0.29, 0.717) is 29.1 Å². The van der Waals surface area contributed by atoms with E-state index in [2.05, 4.69) is 15.7 Å². The molecule has 0 aliphatic rings. The minimum atomic E-state index is -0.233. The van der Waals surface area contributed by atoms with Crippen molar-refractivity contribution in [3.05, 3.63) is 77.1 Å². The highest BCUT2D eigenvalue weighted by Crippen LogP contribution is 2.19. The zero-order chi connectivity index (χ0) is 19.4. The summed E-state index contributed by atoms with van der Waals surface area (Å²) in [6.45, 7) is 6.11. The average molecular weight is 362 g/mol. The van der Waals surface area contributed by atoms with Crippen molar-refractivity contribution in [2.45, 2.75) is 20.8 Å². The van der Waals surface area contributed by atoms with Crippen LogP contribution in [-0.2, 0) is 0 Å². The summed E-state index contributed by atoms with van der Waals surface area (Å²) in [5.41, 5.74) is 4.10. The number of rotatable bonds is 5. The van der Waals surface area contributed by atoms with Crippen molar-refractivity contribution in [2.24, 2.45) is 0 Å². The number of benzene rings is 2. The van der Waals surface area contributed by atoms with Gasteiger partial charge in [0.1, 0.15) is 0 Å². The molecule has 0 aliphatic carbocycles. The van der Waals surface area contributed by atoms with Gasteiger partial charge >= 0.3 is 0 Å². The van der Waals surface area contributed by atoms with Crippen LogP contribution in [0, 0.1) is 13.8 Å². The minimum Gasteiger partial charge on any atom is -0.352 e. The molecule has 0 aliphatic heterocycles. The van der Waals surface area contributed by atoms with Gasteiger partial charge in [-0.05, 0) is 56.7 Å². The molecule has 6 nitrogen and oxygen atoms in total. The van der Waals surface area contributed by atoms with E-state index in [1.54, 1.807) is 36.0 Å². The van der Waals surface area contributed by atoms with Crippen LogP contribution < -0.4 is 10.6 Å². The van der Waals surface area contributed by atoms with Crippen LogP contribution >= 0.6 is 0 Å². The van der Waals surface area contributed by atoms with Crippen molar-refractivity contribution in [1.29, 1.82) is 0 Å². The van der Waals surface area contributed by atoms with Gasteiger partial charge in [0.05, 0.1) is 16.9 Å². The average Bonchev–Trinajstić information content (AvgIpc) is 3.06. The van der Waals surface area contributed by atoms with Crippen LogP contribution in [-0.4, -0.2) is 28.1 Å². The van der Waals surface area contributed by atoms with Gasteiger partial charge in [-0.2, -0.15) is 5.10 Å². The Kier molecular flexibility index (Phi) is 5.35. The van der Waals surface area contributed by atoms with Crippen LogP contribution in [0.1, 0.15) is 38.9 Å². The Bertz CT molecular complexity index is 977. The fourth-order valence-corrected chi connectivity index (χ4v) is 2.79. The molecule has 0 bridgehead atoms. The Balaban J connectivity index is 1.80. The molecule has 0 saturated heterocycles. The van der Waals surface area contributed by atoms with Crippen LogP contribution in [0.3, 0.4) is 0 Å². The number of anilines is 1. The van der Waals surface area contributed by atoms with E-state index in [-0.39, 0.29) is 11.8 Å². The monoisotopic (exact) mass is 362 g/mol. The molecule has 0 spiro atoms. The third kappa shape index (κ3) is 4.06. The van der Waals surface area contributed by atoms with Crippen molar-refractivity contribution in [3.63, 3.8) is 0 Å². The molecule has 1 aromatic heterocycles. The number of amides is 2. The van der Waals surface area contributed by atoms with Gasteiger partial charge in [-0.1, -0.05) is 18.2 Å². The Labute approximate surface area is 158 Å². The summed E-state index contributed by atoms with van der Waals surface area (Å²) in [7, 11) is 0. The highest BCUT2D eigenvalue weighted by Gasteiger charge is 2.16. The second-order valence-corrected chi connectivity index (χ2v) is 6.25. The summed E-state index contributed by atoms with van der Waals surface area (Å²) in [6, 6.07) is 14.8. The maximum atomic E-state index is 12.7. The number of hydrogen-bond acceptors (Lipinski definition) is 3. The largest absolute Gasteiger partial charge is 0.352 e. The second kappa shape index (κ2) is 7.86. The molecule has 2 amide bonds. The van der Waals surface area contributed by atoms with Crippen molar-refractivity contribution in [2.75, 3.05) is 11.9 Å². The highest BCUT2D eigenvalue weighted by atomic mass is 16.2. The van der Waals surface area contributed by atoms with Gasteiger partial charge in [0.2, 0.25) is 0 Å². The molecular formula is C21H22N4O2. The maximum Gasteiger partial charge on any atom is 0.259 e. The fraction of sp³-hybridized carbons (Fsp3) is 0.190. The lowest BCUT2D eigenvalue weighted by Crippen LogP contribution is -2.22. The SMILES string of the molecule is CCNC(=O)c1ccc(NC(=O)c2cn(-c3ccccc3)nc2C)c(C)c1. The van der Waals surface area contributed by atoms with E-state index in [0.717, 1.165) is 11.3 Å². The molecule has 0 saturated carbocycles. The number of aromatic nitrogens is 2. The third-order valence-electron chi connectivity index (χ3n) is 4.24. The number of carbonyl (C=O) groups excluding carboxylic acids is 2. The van der Waals surface area contributed by atoms with Crippen molar-refractivity contribution in [1.82, 2.24) is 15.1 Å². The summed E-state index contributed by atoms with van der Waals surface area (Å²) in [6.07, 6.45) is 1.72. The number of para-hydroxylation sites is 1. The van der Waals surface area contributed by atoms with Crippen LogP contribution in [0.25, 0.3) is 5.69 Å². The lowest BCUT2D eigenvalue weighted by Gasteiger charge is -2.10. The Morgan fingerprint density at radius 1 is 1.04 bits per heavy atom. The van der Waals surface area contributed by atoms with Gasteiger partial charge < -0.3 is 10.6 Å². The first-order valence-corrected chi connectivity index (χ1v) is 8.81. The smallest absolute Gasteiger partial charge is 0.259 e. The molecule has 0 atom stereocenters. The molecule has 3 aromatic rings. The number of nitrogens with one attached hydrogen (secondary N) is 2. The number of hydrogen-bond donors (Lipinski definition) is 2. The molecule has 3 rings (SSSR count). The van der Waals surface area contributed by atoms with Crippen LogP contribution in [0.4, 0.5) is 5.69 Å². The third-order valence-corrected chi connectivity index (χ3v) is 4.24. The van der Waals surface area contributed by atoms with Crippen molar-refractivity contribution < 1.29 is 9.59 Å². The fourth-order valence-electron chi connectivity index (χ4n) is 2.79. The molecule has 0 radical (unpaired) electrons. The van der Waals surface area contributed by atoms with E-state index in [4.69, 9.17) is 0 Å². The quantitative estimate of drug-likeness (QED) is 0.729. The van der Waals surface area contributed by atoms with Crippen LogP contribution in [0.15, 0.2) is 54.7 Å². The molecule has 2 N–H and O–H groups in total. The van der Waals surface area contributed by atoms with Gasteiger partial charge in [-0.15, -0.1) is 0 Å². The van der Waals surface area contributed by atoms with Gasteiger partial charge in [0.15, 0.2) is 0 Å². The molecule has 0 fully saturated rings. The summed E-state index contributed by atoms with van der Waals surface area (Å²) in [5, 5.41) is 10.1. The van der Waals surface area contributed by atoms with Crippen LogP contribution in [0.2, 0.25) is 0 Å². The summed E-state index contributed by atoms with van der Waals surface area (Å²) in [5.74, 6) is -0.359. The lowest BCUT2D eigenvalue weighted by molar-refractivity contribution is 0.0955. The maximum absolute atomic E-state index is 12.7. The van der Waals surface area contributed by atoms with Crippen molar-refractivity contribution in [3.8, 4) is 5.69 Å². The number of nitrogens with zero attached hydrogens (tertiary/aromatic N) is 2. The second-order valence-electron chi connectivity index (χ2n) is 6.25.